The van der Waals surface area contributed by atoms with Crippen molar-refractivity contribution in [2.24, 2.45) is 5.92 Å². The standard InChI is InChI=1S/C14H18N4/c1-11-7-8-15-9-13(11)14-10-16-17-18(14)12-5-3-2-4-6-12/h2-6,10-11,13,15H,7-9H2,1H3. The summed E-state index contributed by atoms with van der Waals surface area (Å²) < 4.78 is 1.97. The van der Waals surface area contributed by atoms with Gasteiger partial charge < -0.3 is 5.32 Å². The van der Waals surface area contributed by atoms with Crippen molar-refractivity contribution in [3.63, 3.8) is 0 Å². The lowest BCUT2D eigenvalue weighted by atomic mass is 9.86. The van der Waals surface area contributed by atoms with Crippen LogP contribution in [0.3, 0.4) is 0 Å². The van der Waals surface area contributed by atoms with Crippen LogP contribution in [0.1, 0.15) is 25.0 Å². The summed E-state index contributed by atoms with van der Waals surface area (Å²) in [6.07, 6.45) is 3.12. The van der Waals surface area contributed by atoms with Gasteiger partial charge in [0, 0.05) is 12.5 Å². The molecule has 0 spiro atoms. The maximum absolute atomic E-state index is 4.23. The average Bonchev–Trinajstić information content (AvgIpc) is 2.89. The summed E-state index contributed by atoms with van der Waals surface area (Å²) in [6, 6.07) is 10.2. The molecule has 2 unspecified atom stereocenters. The lowest BCUT2D eigenvalue weighted by Gasteiger charge is -2.29. The molecule has 1 fully saturated rings. The van der Waals surface area contributed by atoms with Crippen LogP contribution in [0.5, 0.6) is 0 Å². The Hall–Kier alpha value is -1.68. The van der Waals surface area contributed by atoms with E-state index in [2.05, 4.69) is 34.7 Å². The maximum Gasteiger partial charge on any atom is 0.0733 e. The van der Waals surface area contributed by atoms with Crippen LogP contribution in [0.15, 0.2) is 36.5 Å². The molecule has 2 atom stereocenters. The summed E-state index contributed by atoms with van der Waals surface area (Å²) in [7, 11) is 0. The molecule has 4 nitrogen and oxygen atoms in total. The van der Waals surface area contributed by atoms with Gasteiger partial charge in [-0.3, -0.25) is 0 Å². The van der Waals surface area contributed by atoms with Crippen molar-refractivity contribution in [2.45, 2.75) is 19.3 Å². The largest absolute Gasteiger partial charge is 0.316 e. The fourth-order valence-corrected chi connectivity index (χ4v) is 2.65. The number of rotatable bonds is 2. The molecule has 1 saturated heterocycles. The third-order valence-corrected chi connectivity index (χ3v) is 3.78. The van der Waals surface area contributed by atoms with E-state index in [-0.39, 0.29) is 0 Å². The van der Waals surface area contributed by atoms with Gasteiger partial charge in [-0.05, 0) is 31.0 Å². The molecule has 0 saturated carbocycles. The van der Waals surface area contributed by atoms with Gasteiger partial charge in [-0.15, -0.1) is 5.10 Å². The zero-order valence-electron chi connectivity index (χ0n) is 10.6. The van der Waals surface area contributed by atoms with Crippen LogP contribution < -0.4 is 5.32 Å². The number of para-hydroxylation sites is 1. The summed E-state index contributed by atoms with van der Waals surface area (Å²) in [6.45, 7) is 4.44. The van der Waals surface area contributed by atoms with Gasteiger partial charge in [0.25, 0.3) is 0 Å². The Morgan fingerprint density at radius 2 is 2.11 bits per heavy atom. The molecule has 2 heterocycles. The van der Waals surface area contributed by atoms with Gasteiger partial charge in [0.1, 0.15) is 0 Å². The van der Waals surface area contributed by atoms with E-state index in [9.17, 15) is 0 Å². The number of nitrogens with zero attached hydrogens (tertiary/aromatic N) is 3. The van der Waals surface area contributed by atoms with E-state index in [1.165, 1.54) is 12.1 Å². The molecule has 4 heteroatoms. The van der Waals surface area contributed by atoms with E-state index in [0.29, 0.717) is 11.8 Å². The minimum absolute atomic E-state index is 0.494. The van der Waals surface area contributed by atoms with Crippen LogP contribution in [-0.2, 0) is 0 Å². The summed E-state index contributed by atoms with van der Waals surface area (Å²) in [5.41, 5.74) is 2.30. The number of aromatic nitrogens is 3. The predicted octanol–water partition coefficient (Wildman–Crippen LogP) is 1.98. The molecule has 94 valence electrons. The molecule has 1 aromatic carbocycles. The van der Waals surface area contributed by atoms with Crippen molar-refractivity contribution in [2.75, 3.05) is 13.1 Å². The molecule has 3 rings (SSSR count). The first-order chi connectivity index (χ1) is 8.86. The van der Waals surface area contributed by atoms with Crippen molar-refractivity contribution in [3.8, 4) is 5.69 Å². The highest BCUT2D eigenvalue weighted by Gasteiger charge is 2.26. The number of nitrogens with one attached hydrogen (secondary N) is 1. The highest BCUT2D eigenvalue weighted by molar-refractivity contribution is 5.32. The Balaban J connectivity index is 1.96. The summed E-state index contributed by atoms with van der Waals surface area (Å²) >= 11 is 0. The van der Waals surface area contributed by atoms with Crippen molar-refractivity contribution >= 4 is 0 Å². The van der Waals surface area contributed by atoms with E-state index in [1.807, 2.05) is 29.1 Å². The van der Waals surface area contributed by atoms with Crippen LogP contribution in [0.25, 0.3) is 5.69 Å². The Kier molecular flexibility index (Phi) is 3.11. The monoisotopic (exact) mass is 242 g/mol. The molecular formula is C14H18N4. The van der Waals surface area contributed by atoms with Gasteiger partial charge in [0.15, 0.2) is 0 Å². The van der Waals surface area contributed by atoms with Gasteiger partial charge >= 0.3 is 0 Å². The smallest absolute Gasteiger partial charge is 0.0733 e. The molecule has 18 heavy (non-hydrogen) atoms. The lowest BCUT2D eigenvalue weighted by Crippen LogP contribution is -2.34. The molecule has 1 aliphatic rings. The van der Waals surface area contributed by atoms with Crippen molar-refractivity contribution < 1.29 is 0 Å². The summed E-state index contributed by atoms with van der Waals surface area (Å²) in [5, 5.41) is 11.8. The van der Waals surface area contributed by atoms with Gasteiger partial charge in [-0.1, -0.05) is 30.3 Å². The van der Waals surface area contributed by atoms with Crippen molar-refractivity contribution in [1.82, 2.24) is 20.3 Å². The topological polar surface area (TPSA) is 42.7 Å². The highest BCUT2D eigenvalue weighted by atomic mass is 15.4. The van der Waals surface area contributed by atoms with E-state index in [1.54, 1.807) is 0 Å². The maximum atomic E-state index is 4.23. The number of benzene rings is 1. The number of hydrogen-bond donors (Lipinski definition) is 1. The van der Waals surface area contributed by atoms with E-state index in [0.717, 1.165) is 18.8 Å². The first-order valence-electron chi connectivity index (χ1n) is 6.53. The van der Waals surface area contributed by atoms with Crippen molar-refractivity contribution in [3.05, 3.63) is 42.2 Å². The molecule has 1 N–H and O–H groups in total. The highest BCUT2D eigenvalue weighted by Crippen LogP contribution is 2.29. The van der Waals surface area contributed by atoms with Crippen molar-refractivity contribution in [1.29, 1.82) is 0 Å². The number of hydrogen-bond acceptors (Lipinski definition) is 3. The fourth-order valence-electron chi connectivity index (χ4n) is 2.65. The predicted molar refractivity (Wildman–Crippen MR) is 70.8 cm³/mol. The molecule has 0 radical (unpaired) electrons. The second kappa shape index (κ2) is 4.90. The minimum atomic E-state index is 0.494. The Morgan fingerprint density at radius 1 is 1.28 bits per heavy atom. The van der Waals surface area contributed by atoms with Crippen LogP contribution >= 0.6 is 0 Å². The second-order valence-electron chi connectivity index (χ2n) is 4.98. The summed E-state index contributed by atoms with van der Waals surface area (Å²) in [4.78, 5) is 0. The molecule has 2 aromatic rings. The van der Waals surface area contributed by atoms with Crippen LogP contribution in [0.4, 0.5) is 0 Å². The van der Waals surface area contributed by atoms with Gasteiger partial charge in [0.05, 0.1) is 17.6 Å². The SMILES string of the molecule is CC1CCNCC1c1cnnn1-c1ccccc1. The summed E-state index contributed by atoms with van der Waals surface area (Å²) in [5.74, 6) is 1.17. The van der Waals surface area contributed by atoms with Gasteiger partial charge in [0.2, 0.25) is 0 Å². The van der Waals surface area contributed by atoms with E-state index in [4.69, 9.17) is 0 Å². The van der Waals surface area contributed by atoms with Gasteiger partial charge in [-0.25, -0.2) is 4.68 Å². The fraction of sp³-hybridized carbons (Fsp3) is 0.429. The Bertz CT molecular complexity index is 506. The second-order valence-corrected chi connectivity index (χ2v) is 4.98. The number of piperidine rings is 1. The average molecular weight is 242 g/mol. The van der Waals surface area contributed by atoms with Crippen LogP contribution in [0.2, 0.25) is 0 Å². The zero-order chi connectivity index (χ0) is 12.4. The first kappa shape index (κ1) is 11.4. The Morgan fingerprint density at radius 3 is 2.89 bits per heavy atom. The van der Waals surface area contributed by atoms with Crippen LogP contribution in [-0.4, -0.2) is 28.1 Å². The molecule has 0 amide bonds. The molecule has 1 aliphatic heterocycles. The molecular weight excluding hydrogens is 224 g/mol. The van der Waals surface area contributed by atoms with E-state index >= 15 is 0 Å². The normalized spacial score (nSPS) is 24.1. The van der Waals surface area contributed by atoms with Crippen LogP contribution in [0, 0.1) is 5.92 Å². The van der Waals surface area contributed by atoms with Gasteiger partial charge in [-0.2, -0.15) is 0 Å². The zero-order valence-corrected chi connectivity index (χ0v) is 10.6. The van der Waals surface area contributed by atoms with E-state index < -0.39 is 0 Å². The first-order valence-corrected chi connectivity index (χ1v) is 6.53. The lowest BCUT2D eigenvalue weighted by molar-refractivity contribution is 0.338. The molecule has 0 aliphatic carbocycles. The third kappa shape index (κ3) is 2.04. The third-order valence-electron chi connectivity index (χ3n) is 3.78. The molecule has 0 bridgehead atoms. The Labute approximate surface area is 107 Å². The minimum Gasteiger partial charge on any atom is -0.316 e. The molecule has 1 aromatic heterocycles. The quantitative estimate of drug-likeness (QED) is 0.875.